The second-order valence-electron chi connectivity index (χ2n) is 8.64. The highest BCUT2D eigenvalue weighted by Gasteiger charge is 2.16. The van der Waals surface area contributed by atoms with E-state index in [9.17, 15) is 4.79 Å². The van der Waals surface area contributed by atoms with Gasteiger partial charge in [0, 0.05) is 45.8 Å². The fourth-order valence-electron chi connectivity index (χ4n) is 4.04. The van der Waals surface area contributed by atoms with Gasteiger partial charge in [-0.15, -0.1) is 0 Å². The summed E-state index contributed by atoms with van der Waals surface area (Å²) in [6, 6.07) is 7.82. The predicted octanol–water partition coefficient (Wildman–Crippen LogP) is 5.42. The number of pyridine rings is 3. The molecule has 6 rings (SSSR count). The van der Waals surface area contributed by atoms with Gasteiger partial charge in [-0.05, 0) is 24.3 Å². The molecule has 35 heavy (non-hydrogen) atoms. The Bertz CT molecular complexity index is 1680. The highest BCUT2D eigenvalue weighted by Crippen LogP contribution is 2.34. The number of nitrogens with one attached hydrogen (secondary N) is 3. The number of anilines is 1. The number of furan rings is 1. The first-order chi connectivity index (χ1) is 17.1. The van der Waals surface area contributed by atoms with Crippen LogP contribution >= 0.6 is 0 Å². The van der Waals surface area contributed by atoms with E-state index in [4.69, 9.17) is 4.42 Å². The molecule has 0 fully saturated rings. The monoisotopic (exact) mass is 463 g/mol. The van der Waals surface area contributed by atoms with E-state index in [0.29, 0.717) is 5.69 Å². The van der Waals surface area contributed by atoms with E-state index >= 15 is 0 Å². The third-order valence-corrected chi connectivity index (χ3v) is 5.91. The lowest BCUT2D eigenvalue weighted by Crippen LogP contribution is -2.17. The van der Waals surface area contributed by atoms with Crippen molar-refractivity contribution in [3.05, 3.63) is 67.8 Å². The number of aromatic nitrogens is 6. The third-order valence-electron chi connectivity index (χ3n) is 5.91. The van der Waals surface area contributed by atoms with Gasteiger partial charge in [-0.2, -0.15) is 5.10 Å². The average molecular weight is 464 g/mol. The van der Waals surface area contributed by atoms with Crippen LogP contribution < -0.4 is 5.32 Å². The van der Waals surface area contributed by atoms with E-state index < -0.39 is 0 Å². The maximum absolute atomic E-state index is 12.1. The summed E-state index contributed by atoms with van der Waals surface area (Å²) in [4.78, 5) is 28.8. The SMILES string of the molecule is CC(C)C(=O)Nc1cncc(-c2cc3c(-c4cc5c(-c6ccoc6)cncc5[nH]4)n[nH]c3cn2)c1. The lowest BCUT2D eigenvalue weighted by atomic mass is 10.1. The van der Waals surface area contributed by atoms with Crippen molar-refractivity contribution >= 4 is 33.4 Å². The second kappa shape index (κ2) is 8.21. The molecule has 0 bridgehead atoms. The van der Waals surface area contributed by atoms with Crippen LogP contribution in [-0.4, -0.2) is 36.0 Å². The molecule has 6 heterocycles. The second-order valence-corrected chi connectivity index (χ2v) is 8.64. The van der Waals surface area contributed by atoms with Crippen LogP contribution in [0.25, 0.3) is 55.6 Å². The summed E-state index contributed by atoms with van der Waals surface area (Å²) in [6.07, 6.45) is 12.1. The number of fused-ring (bicyclic) bond motifs is 2. The number of hydrogen-bond donors (Lipinski definition) is 3. The standard InChI is InChI=1S/C26H21N7O2/c1-14(2)26(34)30-17-5-16(8-27-9-17)21-7-19-24(12-29-21)32-33-25(19)22-6-18-20(15-3-4-35-13-15)10-28-11-23(18)31-22/h3-14,31H,1-2H3,(H,30,34)(H,32,33). The van der Waals surface area contributed by atoms with Crippen molar-refractivity contribution < 1.29 is 9.21 Å². The van der Waals surface area contributed by atoms with Crippen molar-refractivity contribution in [3.63, 3.8) is 0 Å². The smallest absolute Gasteiger partial charge is 0.226 e. The molecule has 0 radical (unpaired) electrons. The molecule has 0 aliphatic carbocycles. The Kier molecular flexibility index (Phi) is 4.88. The van der Waals surface area contributed by atoms with Gasteiger partial charge in [0.05, 0.1) is 59.2 Å². The van der Waals surface area contributed by atoms with Crippen LogP contribution in [0.4, 0.5) is 5.69 Å². The number of H-pyrrole nitrogens is 2. The molecule has 1 amide bonds. The van der Waals surface area contributed by atoms with E-state index in [2.05, 4.69) is 41.5 Å². The maximum atomic E-state index is 12.1. The van der Waals surface area contributed by atoms with Gasteiger partial charge in [-0.3, -0.25) is 24.8 Å². The van der Waals surface area contributed by atoms with Crippen LogP contribution in [0.1, 0.15) is 13.8 Å². The quantitative estimate of drug-likeness (QED) is 0.314. The van der Waals surface area contributed by atoms with Crippen molar-refractivity contribution in [1.29, 1.82) is 0 Å². The van der Waals surface area contributed by atoms with Gasteiger partial charge in [0.25, 0.3) is 0 Å². The van der Waals surface area contributed by atoms with Gasteiger partial charge in [-0.25, -0.2) is 0 Å². The third kappa shape index (κ3) is 3.72. The molecule has 0 spiro atoms. The highest BCUT2D eigenvalue weighted by atomic mass is 16.3. The van der Waals surface area contributed by atoms with Crippen molar-refractivity contribution in [2.75, 3.05) is 5.32 Å². The minimum Gasteiger partial charge on any atom is -0.472 e. The number of aromatic amines is 2. The summed E-state index contributed by atoms with van der Waals surface area (Å²) >= 11 is 0. The first-order valence-electron chi connectivity index (χ1n) is 11.2. The normalized spacial score (nSPS) is 11.5. The topological polar surface area (TPSA) is 125 Å². The summed E-state index contributed by atoms with van der Waals surface area (Å²) in [5.41, 5.74) is 7.44. The largest absolute Gasteiger partial charge is 0.472 e. The summed E-state index contributed by atoms with van der Waals surface area (Å²) in [6.45, 7) is 3.70. The van der Waals surface area contributed by atoms with Gasteiger partial charge in [-0.1, -0.05) is 13.8 Å². The molecule has 172 valence electrons. The average Bonchev–Trinajstić information content (AvgIpc) is 3.62. The number of nitrogens with zero attached hydrogens (tertiary/aromatic N) is 4. The van der Waals surface area contributed by atoms with Gasteiger partial charge < -0.3 is 14.7 Å². The molecule has 0 saturated heterocycles. The van der Waals surface area contributed by atoms with Crippen molar-refractivity contribution in [2.45, 2.75) is 13.8 Å². The molecule has 0 aliphatic heterocycles. The number of amides is 1. The number of hydrogen-bond acceptors (Lipinski definition) is 6. The predicted molar refractivity (Wildman–Crippen MR) is 133 cm³/mol. The fraction of sp³-hybridized carbons (Fsp3) is 0.115. The molecule has 0 aromatic carbocycles. The molecular formula is C26H21N7O2. The lowest BCUT2D eigenvalue weighted by Gasteiger charge is -2.08. The molecule has 0 atom stereocenters. The van der Waals surface area contributed by atoms with Gasteiger partial charge in [0.15, 0.2) is 0 Å². The number of carbonyl (C=O) groups excluding carboxylic acids is 1. The van der Waals surface area contributed by atoms with Crippen molar-refractivity contribution in [2.24, 2.45) is 5.92 Å². The zero-order valence-corrected chi connectivity index (χ0v) is 19.0. The molecule has 9 heteroatoms. The Balaban J connectivity index is 1.41. The minimum absolute atomic E-state index is 0.0624. The Hall–Kier alpha value is -4.79. The van der Waals surface area contributed by atoms with Crippen LogP contribution in [0.5, 0.6) is 0 Å². The Morgan fingerprint density at radius 1 is 0.971 bits per heavy atom. The molecule has 6 aromatic heterocycles. The van der Waals surface area contributed by atoms with Crippen molar-refractivity contribution in [1.82, 2.24) is 30.1 Å². The van der Waals surface area contributed by atoms with E-state index in [1.54, 1.807) is 37.3 Å². The molecular weight excluding hydrogens is 442 g/mol. The lowest BCUT2D eigenvalue weighted by molar-refractivity contribution is -0.118. The van der Waals surface area contributed by atoms with Gasteiger partial charge >= 0.3 is 0 Å². The zero-order chi connectivity index (χ0) is 23.9. The molecule has 9 nitrogen and oxygen atoms in total. The molecule has 6 aromatic rings. The van der Waals surface area contributed by atoms with E-state index in [1.165, 1.54) is 0 Å². The first kappa shape index (κ1) is 20.8. The van der Waals surface area contributed by atoms with E-state index in [-0.39, 0.29) is 11.8 Å². The summed E-state index contributed by atoms with van der Waals surface area (Å²) in [5.74, 6) is -0.185. The van der Waals surface area contributed by atoms with E-state index in [1.807, 2.05) is 38.2 Å². The molecule has 3 N–H and O–H groups in total. The maximum Gasteiger partial charge on any atom is 0.226 e. The molecule has 0 saturated carbocycles. The number of carbonyl (C=O) groups is 1. The van der Waals surface area contributed by atoms with Crippen LogP contribution in [0, 0.1) is 5.92 Å². The summed E-state index contributed by atoms with van der Waals surface area (Å²) < 4.78 is 5.26. The van der Waals surface area contributed by atoms with Crippen LogP contribution in [0.3, 0.4) is 0 Å². The zero-order valence-electron chi connectivity index (χ0n) is 19.0. The Morgan fingerprint density at radius 3 is 2.69 bits per heavy atom. The van der Waals surface area contributed by atoms with Crippen LogP contribution in [-0.2, 0) is 4.79 Å². The fourth-order valence-corrected chi connectivity index (χ4v) is 4.04. The molecule has 0 unspecified atom stereocenters. The van der Waals surface area contributed by atoms with E-state index in [0.717, 1.165) is 55.6 Å². The minimum atomic E-state index is -0.123. The number of rotatable bonds is 5. The van der Waals surface area contributed by atoms with Crippen LogP contribution in [0.15, 0.2) is 72.2 Å². The van der Waals surface area contributed by atoms with Crippen LogP contribution in [0.2, 0.25) is 0 Å². The Labute approximate surface area is 199 Å². The summed E-state index contributed by atoms with van der Waals surface area (Å²) in [7, 11) is 0. The van der Waals surface area contributed by atoms with Gasteiger partial charge in [0.2, 0.25) is 5.91 Å². The molecule has 0 aliphatic rings. The first-order valence-corrected chi connectivity index (χ1v) is 11.2. The Morgan fingerprint density at radius 2 is 1.86 bits per heavy atom. The van der Waals surface area contributed by atoms with Gasteiger partial charge in [0.1, 0.15) is 5.69 Å². The van der Waals surface area contributed by atoms with Crippen molar-refractivity contribution in [3.8, 4) is 33.8 Å². The highest BCUT2D eigenvalue weighted by molar-refractivity contribution is 6.01. The summed E-state index contributed by atoms with van der Waals surface area (Å²) in [5, 5.41) is 12.5.